The molecule has 0 bridgehead atoms. The van der Waals surface area contributed by atoms with Crippen molar-refractivity contribution >= 4 is 40.9 Å². The molecule has 0 unspecified atom stereocenters. The molecule has 9 nitrogen and oxygen atoms in total. The van der Waals surface area contributed by atoms with Gasteiger partial charge in [0.2, 0.25) is 0 Å². The number of nitrogens with one attached hydrogen (secondary N) is 1. The summed E-state index contributed by atoms with van der Waals surface area (Å²) in [6.07, 6.45) is 2.79. The van der Waals surface area contributed by atoms with Crippen LogP contribution in [0.2, 0.25) is 0 Å². The molecule has 2 aliphatic rings. The summed E-state index contributed by atoms with van der Waals surface area (Å²) in [4.78, 5) is 18.2. The van der Waals surface area contributed by atoms with Crippen molar-refractivity contribution in [3.8, 4) is 0 Å². The Labute approximate surface area is 158 Å². The molecule has 1 aromatic rings. The van der Waals surface area contributed by atoms with Gasteiger partial charge in [-0.1, -0.05) is 5.10 Å². The number of hydrogen-bond acceptors (Lipinski definition) is 6. The zero-order chi connectivity index (χ0) is 19.6. The van der Waals surface area contributed by atoms with Crippen LogP contribution in [0, 0.1) is 0 Å². The summed E-state index contributed by atoms with van der Waals surface area (Å²) < 4.78 is 1.69. The zero-order valence-corrected chi connectivity index (χ0v) is 15.6. The van der Waals surface area contributed by atoms with Crippen LogP contribution in [-0.2, 0) is 0 Å². The fourth-order valence-electron chi connectivity index (χ4n) is 3.17. The van der Waals surface area contributed by atoms with E-state index >= 15 is 0 Å². The number of carbonyl (C=O) groups is 1. The second-order valence-corrected chi connectivity index (χ2v) is 6.97. The molecule has 9 heteroatoms. The molecular formula is C18H26N7O2+. The van der Waals surface area contributed by atoms with Gasteiger partial charge in [0.1, 0.15) is 12.3 Å². The average Bonchev–Trinajstić information content (AvgIpc) is 2.97. The molecule has 0 aliphatic carbocycles. The van der Waals surface area contributed by atoms with E-state index in [2.05, 4.69) is 20.3 Å². The Balaban J connectivity index is 1.92. The van der Waals surface area contributed by atoms with E-state index < -0.39 is 6.03 Å². The lowest BCUT2D eigenvalue weighted by Gasteiger charge is -2.31. The highest BCUT2D eigenvalue weighted by Crippen LogP contribution is 2.31. The van der Waals surface area contributed by atoms with Gasteiger partial charge in [0, 0.05) is 18.8 Å². The van der Waals surface area contributed by atoms with Crippen LogP contribution in [0.3, 0.4) is 0 Å². The second kappa shape index (κ2) is 7.75. The monoisotopic (exact) mass is 372 g/mol. The van der Waals surface area contributed by atoms with Crippen LogP contribution in [0.25, 0.3) is 0 Å². The number of hydrazone groups is 1. The Morgan fingerprint density at radius 3 is 2.70 bits per heavy atom. The van der Waals surface area contributed by atoms with E-state index in [4.69, 9.17) is 11.5 Å². The number of anilines is 2. The first kappa shape index (κ1) is 18.8. The Bertz CT molecular complexity index is 821. The minimum absolute atomic E-state index is 0.119. The Kier molecular flexibility index (Phi) is 5.41. The molecule has 2 heterocycles. The highest BCUT2D eigenvalue weighted by Gasteiger charge is 2.24. The Morgan fingerprint density at radius 1 is 1.41 bits per heavy atom. The van der Waals surface area contributed by atoms with Crippen LogP contribution >= 0.6 is 0 Å². The number of benzene rings is 1. The molecule has 0 radical (unpaired) electrons. The SMILES string of the molecule is CC(C)[N+]1=C(N)C(=Nc2ccc(N3CCC(O)CC3)cc2NC(N)=O)C=N1. The van der Waals surface area contributed by atoms with Gasteiger partial charge in [-0.25, -0.2) is 9.79 Å². The van der Waals surface area contributed by atoms with Crippen molar-refractivity contribution in [1.29, 1.82) is 0 Å². The summed E-state index contributed by atoms with van der Waals surface area (Å²) in [6.45, 7) is 5.47. The van der Waals surface area contributed by atoms with Gasteiger partial charge in [0.05, 0.1) is 17.5 Å². The number of hydrogen-bond donors (Lipinski definition) is 4. The smallest absolute Gasteiger partial charge is 0.321 e. The van der Waals surface area contributed by atoms with Crippen molar-refractivity contribution in [2.45, 2.75) is 38.8 Å². The van der Waals surface area contributed by atoms with Crippen molar-refractivity contribution in [1.82, 2.24) is 0 Å². The largest absolute Gasteiger partial charge is 0.393 e. The van der Waals surface area contributed by atoms with Crippen molar-refractivity contribution in [3.05, 3.63) is 18.2 Å². The lowest BCUT2D eigenvalue weighted by Crippen LogP contribution is -2.35. The predicted octanol–water partition coefficient (Wildman–Crippen LogP) is 0.988. The quantitative estimate of drug-likeness (QED) is 0.587. The summed E-state index contributed by atoms with van der Waals surface area (Å²) in [5.41, 5.74) is 14.0. The first-order valence-corrected chi connectivity index (χ1v) is 9.03. The molecule has 1 saturated heterocycles. The van der Waals surface area contributed by atoms with E-state index in [1.165, 1.54) is 0 Å². The fraction of sp³-hybridized carbons (Fsp3) is 0.444. The maximum atomic E-state index is 11.4. The van der Waals surface area contributed by atoms with Gasteiger partial charge in [0.15, 0.2) is 5.71 Å². The third-order valence-electron chi connectivity index (χ3n) is 4.61. The predicted molar refractivity (Wildman–Crippen MR) is 107 cm³/mol. The summed E-state index contributed by atoms with van der Waals surface area (Å²) >= 11 is 0. The van der Waals surface area contributed by atoms with Crippen molar-refractivity contribution in [2.24, 2.45) is 21.6 Å². The molecule has 0 spiro atoms. The van der Waals surface area contributed by atoms with Gasteiger partial charge in [-0.05, 0) is 44.9 Å². The van der Waals surface area contributed by atoms with E-state index in [1.54, 1.807) is 10.9 Å². The number of primary amides is 1. The van der Waals surface area contributed by atoms with E-state index in [1.807, 2.05) is 32.0 Å². The van der Waals surface area contributed by atoms with Gasteiger partial charge >= 0.3 is 11.9 Å². The number of aliphatic imine (C=N–C) groups is 1. The number of carbonyl (C=O) groups excluding carboxylic acids is 1. The highest BCUT2D eigenvalue weighted by molar-refractivity contribution is 6.62. The van der Waals surface area contributed by atoms with E-state index in [-0.39, 0.29) is 12.1 Å². The maximum absolute atomic E-state index is 11.4. The summed E-state index contributed by atoms with van der Waals surface area (Å²) in [6, 6.07) is 5.05. The molecule has 1 aromatic carbocycles. The summed E-state index contributed by atoms with van der Waals surface area (Å²) in [5.74, 6) is 0.462. The van der Waals surface area contributed by atoms with Gasteiger partial charge in [-0.2, -0.15) is 0 Å². The molecule has 0 atom stereocenters. The first-order valence-electron chi connectivity index (χ1n) is 9.03. The number of amides is 2. The van der Waals surface area contributed by atoms with Crippen LogP contribution in [0.5, 0.6) is 0 Å². The van der Waals surface area contributed by atoms with Gasteiger partial charge in [-0.15, -0.1) is 4.68 Å². The van der Waals surface area contributed by atoms with Crippen molar-refractivity contribution in [2.75, 3.05) is 23.3 Å². The van der Waals surface area contributed by atoms with Gasteiger partial charge in [-0.3, -0.25) is 5.73 Å². The van der Waals surface area contributed by atoms with Crippen molar-refractivity contribution in [3.63, 3.8) is 0 Å². The average molecular weight is 372 g/mol. The molecule has 2 amide bonds. The Hall–Kier alpha value is -2.94. The highest BCUT2D eigenvalue weighted by atomic mass is 16.3. The number of nitrogens with two attached hydrogens (primary N) is 2. The fourth-order valence-corrected chi connectivity index (χ4v) is 3.17. The van der Waals surface area contributed by atoms with E-state index in [9.17, 15) is 9.90 Å². The molecule has 27 heavy (non-hydrogen) atoms. The summed E-state index contributed by atoms with van der Waals surface area (Å²) in [5, 5.41) is 16.6. The van der Waals surface area contributed by atoms with Crippen molar-refractivity contribution < 1.29 is 14.6 Å². The maximum Gasteiger partial charge on any atom is 0.321 e. The molecule has 3 rings (SSSR count). The molecule has 144 valence electrons. The molecular weight excluding hydrogens is 346 g/mol. The summed E-state index contributed by atoms with van der Waals surface area (Å²) in [7, 11) is 0. The van der Waals surface area contributed by atoms with Gasteiger partial charge in [0.25, 0.3) is 0 Å². The Morgan fingerprint density at radius 2 is 2.11 bits per heavy atom. The number of piperidine rings is 1. The van der Waals surface area contributed by atoms with Crippen LogP contribution in [0.1, 0.15) is 26.7 Å². The molecule has 1 fully saturated rings. The van der Waals surface area contributed by atoms with E-state index in [0.29, 0.717) is 22.9 Å². The number of urea groups is 1. The van der Waals surface area contributed by atoms with Crippen LogP contribution in [0.4, 0.5) is 21.9 Å². The lowest BCUT2D eigenvalue weighted by atomic mass is 10.1. The molecule has 6 N–H and O–H groups in total. The third kappa shape index (κ3) is 4.25. The first-order chi connectivity index (χ1) is 12.8. The number of aliphatic hydroxyl groups excluding tert-OH is 1. The third-order valence-corrected chi connectivity index (χ3v) is 4.61. The van der Waals surface area contributed by atoms with Crippen LogP contribution < -0.4 is 21.7 Å². The second-order valence-electron chi connectivity index (χ2n) is 6.97. The minimum atomic E-state index is -0.663. The lowest BCUT2D eigenvalue weighted by molar-refractivity contribution is -0.560. The van der Waals surface area contributed by atoms with Gasteiger partial charge < -0.3 is 21.1 Å². The number of nitrogens with zero attached hydrogens (tertiary/aromatic N) is 4. The van der Waals surface area contributed by atoms with Crippen LogP contribution in [-0.4, -0.2) is 58.8 Å². The number of amidine groups is 1. The van der Waals surface area contributed by atoms with Crippen LogP contribution in [0.15, 0.2) is 28.3 Å². The molecule has 2 aliphatic heterocycles. The number of rotatable bonds is 4. The minimum Gasteiger partial charge on any atom is -0.393 e. The molecule has 0 aromatic heterocycles. The topological polar surface area (TPSA) is 132 Å². The van der Waals surface area contributed by atoms with E-state index in [0.717, 1.165) is 31.6 Å². The normalized spacial score (nSPS) is 19.4. The standard InChI is InChI=1S/C18H25N7O2/c1-11(2)25-17(19)16(10-21-25)22-14-4-3-12(9-15(14)23-18(20)27)24-7-5-13(26)6-8-24/h3-4,9-11,13,26H,5-8H2,1-2H3,(H4,19,20,21,23,27)/p+1. The number of aliphatic hydroxyl groups is 1. The molecule has 0 saturated carbocycles. The zero-order valence-electron chi connectivity index (χ0n) is 15.6.